The normalized spacial score (nSPS) is 9.10. The van der Waals surface area contributed by atoms with Crippen molar-refractivity contribution in [3.05, 3.63) is 0 Å². The van der Waals surface area contributed by atoms with Crippen LogP contribution in [-0.4, -0.2) is 50.2 Å². The molecule has 122 valence electrons. The van der Waals surface area contributed by atoms with Gasteiger partial charge in [0.25, 0.3) is 0 Å². The van der Waals surface area contributed by atoms with Crippen molar-refractivity contribution in [2.45, 2.75) is 51.7 Å². The summed E-state index contributed by atoms with van der Waals surface area (Å²) in [5, 5.41) is 32.2. The Labute approximate surface area is 131 Å². The van der Waals surface area contributed by atoms with Crippen molar-refractivity contribution in [1.82, 2.24) is 0 Å². The highest BCUT2D eigenvalue weighted by atomic mass is 32.1. The van der Waals surface area contributed by atoms with E-state index < -0.39 is 18.2 Å². The number of aliphatic hydroxyl groups excluding tert-OH is 1. The number of aliphatic hydroxyl groups is 2. The van der Waals surface area contributed by atoms with Crippen molar-refractivity contribution in [2.75, 3.05) is 11.5 Å². The summed E-state index contributed by atoms with van der Waals surface area (Å²) in [5.74, 6) is -0.165. The Kier molecular flexibility index (Phi) is 25.6. The Hall–Kier alpha value is -0.440. The zero-order valence-electron chi connectivity index (χ0n) is 11.7. The van der Waals surface area contributed by atoms with E-state index in [1.807, 2.05) is 6.92 Å². The maximum atomic E-state index is 9.72. The second-order valence-corrected chi connectivity index (χ2v) is 4.61. The van der Waals surface area contributed by atoms with Crippen LogP contribution in [0, 0.1) is 0 Å². The minimum atomic E-state index is -1.10. The third-order valence-corrected chi connectivity index (χ3v) is 2.28. The molecule has 0 spiro atoms. The van der Waals surface area contributed by atoms with Crippen LogP contribution in [0.5, 0.6) is 0 Å². The van der Waals surface area contributed by atoms with Crippen LogP contribution in [0.1, 0.15) is 45.4 Å². The van der Waals surface area contributed by atoms with Crippen LogP contribution in [0.4, 0.5) is 0 Å². The topological polar surface area (TPSA) is 115 Å². The molecule has 0 atom stereocenters. The maximum absolute atomic E-state index is 9.72. The van der Waals surface area contributed by atoms with E-state index in [-0.39, 0.29) is 12.8 Å². The molecule has 0 heterocycles. The van der Waals surface area contributed by atoms with Gasteiger partial charge in [-0.25, -0.2) is 0 Å². The van der Waals surface area contributed by atoms with Crippen LogP contribution in [0.3, 0.4) is 0 Å². The molecule has 0 aliphatic heterocycles. The number of thiol groups is 2. The molecule has 0 aliphatic rings. The molecule has 0 unspecified atom stereocenters. The van der Waals surface area contributed by atoms with Gasteiger partial charge in [0.1, 0.15) is 0 Å². The SMILES string of the molecule is CCCC(O)O.O=C(O)CCCS.O=C(O)CCCS. The maximum Gasteiger partial charge on any atom is 0.303 e. The fourth-order valence-corrected chi connectivity index (χ4v) is 1.03. The molecule has 0 rings (SSSR count). The summed E-state index contributed by atoms with van der Waals surface area (Å²) in [6.45, 7) is 1.90. The smallest absolute Gasteiger partial charge is 0.303 e. The van der Waals surface area contributed by atoms with Gasteiger partial charge < -0.3 is 20.4 Å². The third-order valence-electron chi connectivity index (χ3n) is 1.64. The van der Waals surface area contributed by atoms with Crippen molar-refractivity contribution in [3.8, 4) is 0 Å². The van der Waals surface area contributed by atoms with E-state index >= 15 is 0 Å². The Morgan fingerprint density at radius 1 is 0.950 bits per heavy atom. The van der Waals surface area contributed by atoms with Gasteiger partial charge in [0, 0.05) is 12.8 Å². The quantitative estimate of drug-likeness (QED) is 0.298. The van der Waals surface area contributed by atoms with Gasteiger partial charge >= 0.3 is 11.9 Å². The van der Waals surface area contributed by atoms with Crippen molar-refractivity contribution in [3.63, 3.8) is 0 Å². The summed E-state index contributed by atoms with van der Waals surface area (Å²) in [5.41, 5.74) is 0. The van der Waals surface area contributed by atoms with Gasteiger partial charge in [-0.3, -0.25) is 9.59 Å². The Morgan fingerprint density at radius 2 is 1.30 bits per heavy atom. The van der Waals surface area contributed by atoms with E-state index in [9.17, 15) is 9.59 Å². The van der Waals surface area contributed by atoms with E-state index in [1.165, 1.54) is 0 Å². The monoisotopic (exact) mass is 330 g/mol. The summed E-state index contributed by atoms with van der Waals surface area (Å²) in [6, 6.07) is 0. The predicted molar refractivity (Wildman–Crippen MR) is 84.6 cm³/mol. The highest BCUT2D eigenvalue weighted by Gasteiger charge is 1.92. The van der Waals surface area contributed by atoms with Crippen LogP contribution in [0.15, 0.2) is 0 Å². The molecule has 0 fully saturated rings. The highest BCUT2D eigenvalue weighted by Crippen LogP contribution is 1.89. The van der Waals surface area contributed by atoms with Crippen molar-refractivity contribution < 1.29 is 30.0 Å². The summed E-state index contributed by atoms with van der Waals surface area (Å²) in [6.07, 6.45) is 2.02. The molecule has 0 saturated carbocycles. The van der Waals surface area contributed by atoms with Gasteiger partial charge in [0.2, 0.25) is 0 Å². The zero-order chi connectivity index (χ0) is 16.4. The van der Waals surface area contributed by atoms with Crippen LogP contribution in [-0.2, 0) is 9.59 Å². The molecular weight excluding hydrogens is 304 g/mol. The molecule has 0 radical (unpaired) electrons. The lowest BCUT2D eigenvalue weighted by atomic mass is 10.3. The number of carboxylic acids is 2. The van der Waals surface area contributed by atoms with E-state index in [2.05, 4.69) is 25.3 Å². The first kappa shape index (κ1) is 24.6. The lowest BCUT2D eigenvalue weighted by Gasteiger charge is -1.94. The molecule has 0 aromatic heterocycles. The lowest BCUT2D eigenvalue weighted by Crippen LogP contribution is -2.01. The van der Waals surface area contributed by atoms with Crippen molar-refractivity contribution >= 4 is 37.2 Å². The predicted octanol–water partition coefficient (Wildman–Crippen LogP) is 1.66. The Morgan fingerprint density at radius 3 is 1.35 bits per heavy atom. The first-order chi connectivity index (χ1) is 9.31. The van der Waals surface area contributed by atoms with Gasteiger partial charge in [0.05, 0.1) is 0 Å². The fourth-order valence-electron chi connectivity index (χ4n) is 0.719. The largest absolute Gasteiger partial charge is 0.481 e. The number of carboxylic acid groups (broad SMARTS) is 2. The molecule has 4 N–H and O–H groups in total. The molecule has 0 aromatic carbocycles. The zero-order valence-corrected chi connectivity index (χ0v) is 13.5. The highest BCUT2D eigenvalue weighted by molar-refractivity contribution is 7.80. The van der Waals surface area contributed by atoms with Gasteiger partial charge in [0.15, 0.2) is 6.29 Å². The second kappa shape index (κ2) is 20.9. The first-order valence-electron chi connectivity index (χ1n) is 6.33. The summed E-state index contributed by atoms with van der Waals surface area (Å²) >= 11 is 7.66. The molecule has 0 aromatic rings. The van der Waals surface area contributed by atoms with E-state index in [1.54, 1.807) is 0 Å². The van der Waals surface area contributed by atoms with Gasteiger partial charge in [-0.05, 0) is 30.8 Å². The fraction of sp³-hybridized carbons (Fsp3) is 0.833. The third kappa shape index (κ3) is 43.2. The van der Waals surface area contributed by atoms with Crippen LogP contribution < -0.4 is 0 Å². The van der Waals surface area contributed by atoms with Crippen LogP contribution >= 0.6 is 25.3 Å². The van der Waals surface area contributed by atoms with Gasteiger partial charge in [-0.1, -0.05) is 13.3 Å². The van der Waals surface area contributed by atoms with Crippen molar-refractivity contribution in [1.29, 1.82) is 0 Å². The van der Waals surface area contributed by atoms with Crippen LogP contribution in [0.2, 0.25) is 0 Å². The van der Waals surface area contributed by atoms with Crippen LogP contribution in [0.25, 0.3) is 0 Å². The molecular formula is C12H26O6S2. The Balaban J connectivity index is -0.000000218. The Bertz CT molecular complexity index is 206. The van der Waals surface area contributed by atoms with Gasteiger partial charge in [-0.15, -0.1) is 0 Å². The molecule has 0 bridgehead atoms. The van der Waals surface area contributed by atoms with E-state index in [4.69, 9.17) is 20.4 Å². The minimum Gasteiger partial charge on any atom is -0.481 e. The molecule has 0 amide bonds. The molecule has 0 saturated heterocycles. The average Bonchev–Trinajstić information content (AvgIpc) is 2.35. The molecule has 6 nitrogen and oxygen atoms in total. The number of hydrogen-bond donors (Lipinski definition) is 6. The number of hydrogen-bond acceptors (Lipinski definition) is 6. The summed E-state index contributed by atoms with van der Waals surface area (Å²) in [4.78, 5) is 19.4. The number of rotatable bonds is 8. The first-order valence-corrected chi connectivity index (χ1v) is 7.59. The van der Waals surface area contributed by atoms with E-state index in [0.717, 1.165) is 6.42 Å². The molecule has 20 heavy (non-hydrogen) atoms. The summed E-state index contributed by atoms with van der Waals surface area (Å²) < 4.78 is 0. The summed E-state index contributed by atoms with van der Waals surface area (Å²) in [7, 11) is 0. The average molecular weight is 330 g/mol. The number of carbonyl (C=O) groups is 2. The minimum absolute atomic E-state index is 0.240. The molecule has 8 heteroatoms. The second-order valence-electron chi connectivity index (χ2n) is 3.71. The van der Waals surface area contributed by atoms with E-state index in [0.29, 0.717) is 30.8 Å². The lowest BCUT2D eigenvalue weighted by molar-refractivity contribution is -0.138. The number of aliphatic carboxylic acids is 2. The van der Waals surface area contributed by atoms with Crippen molar-refractivity contribution in [2.24, 2.45) is 0 Å². The van der Waals surface area contributed by atoms with Gasteiger partial charge in [-0.2, -0.15) is 25.3 Å². The molecule has 0 aliphatic carbocycles. The standard InChI is InChI=1S/2C4H8O2S.C4H10O2/c2*5-4(6)2-1-3-7;1-2-3-4(5)6/h2*7H,1-3H2,(H,5,6);4-6H,2-3H2,1H3.